The van der Waals surface area contributed by atoms with E-state index in [4.69, 9.17) is 15.2 Å². The van der Waals surface area contributed by atoms with E-state index in [0.717, 1.165) is 56.8 Å². The van der Waals surface area contributed by atoms with E-state index in [1.165, 1.54) is 15.8 Å². The highest BCUT2D eigenvalue weighted by Crippen LogP contribution is 2.49. The molecule has 0 spiro atoms. The number of nitrogen functional groups attached to an aromatic ring is 1. The minimum absolute atomic E-state index is 0.722. The Kier molecular flexibility index (Phi) is 6.63. The molecule has 1 aliphatic heterocycles. The van der Waals surface area contributed by atoms with E-state index >= 15 is 0 Å². The number of hydrogen-bond donors (Lipinski definition) is 1. The fourth-order valence-corrected chi connectivity index (χ4v) is 6.33. The quantitative estimate of drug-likeness (QED) is 0.239. The van der Waals surface area contributed by atoms with Gasteiger partial charge < -0.3 is 14.4 Å². The lowest BCUT2D eigenvalue weighted by Crippen LogP contribution is -2.38. The van der Waals surface area contributed by atoms with E-state index in [-0.39, 0.29) is 0 Å². The fraction of sp³-hybridized carbons (Fsp3) is 0.121. The molecule has 0 atom stereocenters. The number of pyridine rings is 1. The Bertz CT molecular complexity index is 1690. The van der Waals surface area contributed by atoms with Gasteiger partial charge in [-0.3, -0.25) is 5.73 Å². The second-order valence-electron chi connectivity index (χ2n) is 9.48. The molecular weight excluding hydrogens is 502 g/mol. The highest BCUT2D eigenvalue weighted by atomic mass is 32.2. The number of fused-ring (bicyclic) bond motifs is 2. The lowest BCUT2D eigenvalue weighted by molar-refractivity contribution is -0.647. The molecule has 0 amide bonds. The summed E-state index contributed by atoms with van der Waals surface area (Å²) in [7, 11) is 5.49. The van der Waals surface area contributed by atoms with Gasteiger partial charge in [0, 0.05) is 23.4 Å². The molecule has 2 N–H and O–H groups in total. The third-order valence-corrected chi connectivity index (χ3v) is 8.31. The molecule has 194 valence electrons. The zero-order valence-corrected chi connectivity index (χ0v) is 23.0. The molecule has 5 aromatic rings. The lowest BCUT2D eigenvalue weighted by atomic mass is 10.0. The molecular formula is C33H30N3O2S+. The van der Waals surface area contributed by atoms with Crippen molar-refractivity contribution in [2.24, 2.45) is 0 Å². The smallest absolute Gasteiger partial charge is 0.273 e. The molecule has 0 saturated heterocycles. The molecule has 0 radical (unpaired) electrons. The first-order valence-corrected chi connectivity index (χ1v) is 13.6. The number of aromatic nitrogens is 1. The van der Waals surface area contributed by atoms with Gasteiger partial charge in [0.25, 0.3) is 5.82 Å². The first-order valence-electron chi connectivity index (χ1n) is 12.8. The van der Waals surface area contributed by atoms with Gasteiger partial charge in [0.05, 0.1) is 30.5 Å². The standard InChI is InChI=1S/C33H29N3O2S/c1-35-27-17-16-23(33-28(37-2)14-9-15-29(33)38-3)18-30(27)39-32(35)20-24-19-31(34)36(21-22-10-5-4-6-11-22)26-13-8-7-12-25(24)26/h4-20,34H,21H2,1-3H3/p+1. The highest BCUT2D eigenvalue weighted by Gasteiger charge is 2.25. The minimum atomic E-state index is 0.722. The monoisotopic (exact) mass is 532 g/mol. The summed E-state index contributed by atoms with van der Waals surface area (Å²) >= 11 is 1.75. The maximum absolute atomic E-state index is 6.66. The predicted molar refractivity (Wildman–Crippen MR) is 161 cm³/mol. The highest BCUT2D eigenvalue weighted by molar-refractivity contribution is 8.03. The van der Waals surface area contributed by atoms with E-state index < -0.39 is 0 Å². The van der Waals surface area contributed by atoms with Crippen LogP contribution in [0.4, 0.5) is 11.5 Å². The topological polar surface area (TPSA) is 51.6 Å². The number of nitrogens with two attached hydrogens (primary N) is 1. The van der Waals surface area contributed by atoms with Crippen molar-refractivity contribution in [3.63, 3.8) is 0 Å². The molecule has 0 aliphatic carbocycles. The number of rotatable bonds is 6. The summed E-state index contributed by atoms with van der Waals surface area (Å²) in [5.41, 5.74) is 13.3. The maximum Gasteiger partial charge on any atom is 0.273 e. The van der Waals surface area contributed by atoms with Gasteiger partial charge in [-0.05, 0) is 53.1 Å². The Morgan fingerprint density at radius 1 is 0.846 bits per heavy atom. The summed E-state index contributed by atoms with van der Waals surface area (Å²) in [6, 6.07) is 33.3. The van der Waals surface area contributed by atoms with Crippen molar-refractivity contribution in [1.29, 1.82) is 0 Å². The number of hydrogen-bond acceptors (Lipinski definition) is 5. The fourth-order valence-electron chi connectivity index (χ4n) is 5.19. The summed E-state index contributed by atoms with van der Waals surface area (Å²) in [5.74, 6) is 2.31. The molecule has 0 saturated carbocycles. The number of benzene rings is 4. The third kappa shape index (κ3) is 4.57. The first-order chi connectivity index (χ1) is 19.1. The molecule has 1 aliphatic rings. The maximum atomic E-state index is 6.66. The second-order valence-corrected chi connectivity index (χ2v) is 10.5. The van der Waals surface area contributed by atoms with Crippen LogP contribution in [0.3, 0.4) is 0 Å². The van der Waals surface area contributed by atoms with Gasteiger partial charge in [0.1, 0.15) is 23.6 Å². The number of nitrogens with zero attached hydrogens (tertiary/aromatic N) is 2. The van der Waals surface area contributed by atoms with E-state index in [2.05, 4.69) is 95.4 Å². The Morgan fingerprint density at radius 3 is 2.31 bits per heavy atom. The van der Waals surface area contributed by atoms with E-state index in [9.17, 15) is 0 Å². The molecule has 6 heteroatoms. The molecule has 6 rings (SSSR count). The zero-order valence-electron chi connectivity index (χ0n) is 22.2. The Balaban J connectivity index is 1.39. The van der Waals surface area contributed by atoms with E-state index in [1.54, 1.807) is 26.0 Å². The first kappa shape index (κ1) is 24.9. The lowest BCUT2D eigenvalue weighted by Gasteiger charge is -2.16. The normalized spacial score (nSPS) is 13.6. The number of para-hydroxylation sites is 1. The van der Waals surface area contributed by atoms with Crippen LogP contribution in [0, 0.1) is 0 Å². The van der Waals surface area contributed by atoms with Gasteiger partial charge >= 0.3 is 0 Å². The number of methoxy groups -OCH3 is 2. The van der Waals surface area contributed by atoms with Gasteiger partial charge in [0.15, 0.2) is 0 Å². The van der Waals surface area contributed by atoms with Crippen molar-refractivity contribution < 1.29 is 14.0 Å². The average molecular weight is 533 g/mol. The van der Waals surface area contributed by atoms with Gasteiger partial charge in [-0.2, -0.15) is 0 Å². The van der Waals surface area contributed by atoms with Crippen LogP contribution in [0.25, 0.3) is 28.1 Å². The van der Waals surface area contributed by atoms with Gasteiger partial charge in [-0.1, -0.05) is 72.4 Å². The van der Waals surface area contributed by atoms with Crippen LogP contribution in [-0.2, 0) is 6.54 Å². The SMILES string of the molecule is COc1cccc(OC)c1-c1ccc2c(c1)SC(=Cc1cc(N)[n+](Cc3ccccc3)c3ccccc13)N2C. The van der Waals surface area contributed by atoms with Crippen LogP contribution in [-0.4, -0.2) is 21.3 Å². The molecule has 1 aromatic heterocycles. The van der Waals surface area contributed by atoms with Gasteiger partial charge in [0.2, 0.25) is 0 Å². The van der Waals surface area contributed by atoms with Crippen LogP contribution in [0.1, 0.15) is 11.1 Å². The van der Waals surface area contributed by atoms with Crippen LogP contribution < -0.4 is 24.7 Å². The summed E-state index contributed by atoms with van der Waals surface area (Å²) in [5, 5.41) is 2.30. The van der Waals surface area contributed by atoms with Crippen molar-refractivity contribution in [1.82, 2.24) is 0 Å². The molecule has 2 heterocycles. The van der Waals surface area contributed by atoms with E-state index in [1.807, 2.05) is 24.3 Å². The third-order valence-electron chi connectivity index (χ3n) is 7.17. The second kappa shape index (κ2) is 10.4. The van der Waals surface area contributed by atoms with Gasteiger partial charge in [-0.25, -0.2) is 4.57 Å². The Morgan fingerprint density at radius 2 is 1.56 bits per heavy atom. The predicted octanol–water partition coefficient (Wildman–Crippen LogP) is 6.98. The summed E-state index contributed by atoms with van der Waals surface area (Å²) in [6.07, 6.45) is 2.24. The minimum Gasteiger partial charge on any atom is -0.496 e. The molecule has 39 heavy (non-hydrogen) atoms. The Hall–Kier alpha value is -4.42. The Labute approximate surface area is 233 Å². The average Bonchev–Trinajstić information content (AvgIpc) is 3.29. The summed E-state index contributed by atoms with van der Waals surface area (Å²) in [6.45, 7) is 0.722. The molecule has 5 nitrogen and oxygen atoms in total. The van der Waals surface area contributed by atoms with Crippen LogP contribution in [0.2, 0.25) is 0 Å². The number of anilines is 2. The molecule has 0 bridgehead atoms. The summed E-state index contributed by atoms with van der Waals surface area (Å²) in [4.78, 5) is 3.42. The summed E-state index contributed by atoms with van der Waals surface area (Å²) < 4.78 is 13.5. The largest absolute Gasteiger partial charge is 0.496 e. The molecule has 0 unspecified atom stereocenters. The van der Waals surface area contributed by atoms with Crippen LogP contribution in [0.15, 0.2) is 107 Å². The number of thioether (sulfide) groups is 1. The van der Waals surface area contributed by atoms with Crippen LogP contribution >= 0.6 is 11.8 Å². The van der Waals surface area contributed by atoms with Crippen molar-refractivity contribution >= 4 is 40.2 Å². The van der Waals surface area contributed by atoms with Gasteiger partial charge in [-0.15, -0.1) is 0 Å². The van der Waals surface area contributed by atoms with Crippen molar-refractivity contribution in [3.05, 3.63) is 113 Å². The van der Waals surface area contributed by atoms with Crippen molar-refractivity contribution in [3.8, 4) is 22.6 Å². The molecule has 4 aromatic carbocycles. The van der Waals surface area contributed by atoms with Crippen molar-refractivity contribution in [2.45, 2.75) is 11.4 Å². The van der Waals surface area contributed by atoms with E-state index in [0.29, 0.717) is 0 Å². The zero-order chi connectivity index (χ0) is 26.9. The number of ether oxygens (including phenoxy) is 2. The van der Waals surface area contributed by atoms with Crippen LogP contribution in [0.5, 0.6) is 11.5 Å². The van der Waals surface area contributed by atoms with Crippen molar-refractivity contribution in [2.75, 3.05) is 31.9 Å². The molecule has 0 fully saturated rings.